The number of methoxy groups -OCH3 is 1. The van der Waals surface area contributed by atoms with Gasteiger partial charge in [-0.15, -0.1) is 0 Å². The van der Waals surface area contributed by atoms with Crippen molar-refractivity contribution in [1.29, 1.82) is 0 Å². The highest BCUT2D eigenvalue weighted by molar-refractivity contribution is 5.79. The Balaban J connectivity index is 1.96. The van der Waals surface area contributed by atoms with Crippen LogP contribution in [-0.2, 0) is 6.42 Å². The Hall–Kier alpha value is -2.70. The molecule has 1 N–H and O–H groups in total. The van der Waals surface area contributed by atoms with E-state index < -0.39 is 0 Å². The zero-order valence-electron chi connectivity index (χ0n) is 14.2. The van der Waals surface area contributed by atoms with Gasteiger partial charge < -0.3 is 14.8 Å². The summed E-state index contributed by atoms with van der Waals surface area (Å²) in [6.45, 7) is 5.07. The number of carbonyl (C=O) groups is 1. The lowest BCUT2D eigenvalue weighted by Gasteiger charge is -2.09. The minimum absolute atomic E-state index is 0.297. The molecule has 2 aromatic rings. The number of aldehydes is 1. The lowest BCUT2D eigenvalue weighted by molar-refractivity contribution is 0.112. The SMILES string of the molecule is CCCNc1nc(C)nc(OCCc2ccc(OC)c(C=O)c2)n1. The Morgan fingerprint density at radius 1 is 1.25 bits per heavy atom. The van der Waals surface area contributed by atoms with E-state index in [1.807, 2.05) is 6.07 Å². The molecule has 0 fully saturated rings. The molecule has 0 amide bonds. The van der Waals surface area contributed by atoms with E-state index in [1.165, 1.54) is 0 Å². The van der Waals surface area contributed by atoms with Gasteiger partial charge in [0.25, 0.3) is 0 Å². The maximum atomic E-state index is 11.0. The van der Waals surface area contributed by atoms with Crippen LogP contribution in [0.4, 0.5) is 5.95 Å². The fourth-order valence-corrected chi connectivity index (χ4v) is 2.13. The number of benzene rings is 1. The number of anilines is 1. The molecule has 2 rings (SSSR count). The van der Waals surface area contributed by atoms with Crippen molar-refractivity contribution in [3.63, 3.8) is 0 Å². The molecule has 7 nitrogen and oxygen atoms in total. The van der Waals surface area contributed by atoms with Crippen molar-refractivity contribution in [2.75, 3.05) is 25.6 Å². The highest BCUT2D eigenvalue weighted by Gasteiger charge is 2.06. The summed E-state index contributed by atoms with van der Waals surface area (Å²) in [5.74, 6) is 1.69. The van der Waals surface area contributed by atoms with Crippen LogP contribution in [0, 0.1) is 6.92 Å². The van der Waals surface area contributed by atoms with Crippen LogP contribution in [0.2, 0.25) is 0 Å². The van der Waals surface area contributed by atoms with Gasteiger partial charge in [0.15, 0.2) is 6.29 Å². The second-order valence-corrected chi connectivity index (χ2v) is 5.21. The molecule has 0 saturated heterocycles. The predicted octanol–water partition coefficient (Wildman–Crippen LogP) is 2.44. The lowest BCUT2D eigenvalue weighted by Crippen LogP contribution is -2.10. The van der Waals surface area contributed by atoms with Crippen molar-refractivity contribution in [3.05, 3.63) is 35.2 Å². The van der Waals surface area contributed by atoms with E-state index in [4.69, 9.17) is 9.47 Å². The van der Waals surface area contributed by atoms with E-state index in [2.05, 4.69) is 27.2 Å². The highest BCUT2D eigenvalue weighted by atomic mass is 16.5. The van der Waals surface area contributed by atoms with E-state index in [0.29, 0.717) is 42.1 Å². The first-order valence-corrected chi connectivity index (χ1v) is 7.87. The van der Waals surface area contributed by atoms with E-state index in [9.17, 15) is 4.79 Å². The predicted molar refractivity (Wildman–Crippen MR) is 90.9 cm³/mol. The van der Waals surface area contributed by atoms with Crippen LogP contribution < -0.4 is 14.8 Å². The van der Waals surface area contributed by atoms with Gasteiger partial charge in [0, 0.05) is 13.0 Å². The molecule has 0 aliphatic carbocycles. The van der Waals surface area contributed by atoms with E-state index >= 15 is 0 Å². The molecule has 0 bridgehead atoms. The molecule has 0 radical (unpaired) electrons. The first-order chi connectivity index (χ1) is 11.7. The summed E-state index contributed by atoms with van der Waals surface area (Å²) in [6, 6.07) is 5.77. The van der Waals surface area contributed by atoms with Gasteiger partial charge in [0.05, 0.1) is 19.3 Å². The highest BCUT2D eigenvalue weighted by Crippen LogP contribution is 2.18. The van der Waals surface area contributed by atoms with Gasteiger partial charge in [-0.25, -0.2) is 0 Å². The van der Waals surface area contributed by atoms with Crippen LogP contribution in [0.5, 0.6) is 11.8 Å². The molecular formula is C17H22N4O3. The van der Waals surface area contributed by atoms with Crippen molar-refractivity contribution in [3.8, 4) is 11.8 Å². The number of aryl methyl sites for hydroxylation is 1. The van der Waals surface area contributed by atoms with Gasteiger partial charge in [-0.1, -0.05) is 13.0 Å². The second kappa shape index (κ2) is 8.81. The minimum Gasteiger partial charge on any atom is -0.496 e. The van der Waals surface area contributed by atoms with Gasteiger partial charge in [0.1, 0.15) is 11.6 Å². The molecule has 24 heavy (non-hydrogen) atoms. The Morgan fingerprint density at radius 3 is 2.79 bits per heavy atom. The summed E-state index contributed by atoms with van der Waals surface area (Å²) in [5.41, 5.74) is 1.50. The summed E-state index contributed by atoms with van der Waals surface area (Å²) in [6.07, 6.45) is 2.40. The molecule has 1 heterocycles. The van der Waals surface area contributed by atoms with Gasteiger partial charge in [-0.05, 0) is 31.0 Å². The number of hydrogen-bond acceptors (Lipinski definition) is 7. The smallest absolute Gasteiger partial charge is 0.321 e. The van der Waals surface area contributed by atoms with Crippen LogP contribution in [0.1, 0.15) is 35.1 Å². The third kappa shape index (κ3) is 4.91. The zero-order chi connectivity index (χ0) is 17.4. The summed E-state index contributed by atoms with van der Waals surface area (Å²) in [4.78, 5) is 23.7. The Kier molecular flexibility index (Phi) is 6.48. The monoisotopic (exact) mass is 330 g/mol. The Labute approximate surface area is 141 Å². The third-order valence-electron chi connectivity index (χ3n) is 3.30. The lowest BCUT2D eigenvalue weighted by atomic mass is 10.1. The van der Waals surface area contributed by atoms with Crippen LogP contribution >= 0.6 is 0 Å². The van der Waals surface area contributed by atoms with Crippen molar-refractivity contribution in [2.45, 2.75) is 26.7 Å². The molecular weight excluding hydrogens is 308 g/mol. The van der Waals surface area contributed by atoms with Crippen LogP contribution in [0.3, 0.4) is 0 Å². The average Bonchev–Trinajstić information content (AvgIpc) is 2.59. The van der Waals surface area contributed by atoms with Crippen LogP contribution in [0.15, 0.2) is 18.2 Å². The average molecular weight is 330 g/mol. The summed E-state index contributed by atoms with van der Waals surface area (Å²) in [7, 11) is 1.54. The first-order valence-electron chi connectivity index (χ1n) is 7.87. The number of nitrogens with one attached hydrogen (secondary N) is 1. The molecule has 0 unspecified atom stereocenters. The molecule has 0 aliphatic rings. The molecule has 7 heteroatoms. The number of hydrogen-bond donors (Lipinski definition) is 1. The summed E-state index contributed by atoms with van der Waals surface area (Å²) < 4.78 is 10.7. The van der Waals surface area contributed by atoms with Gasteiger partial charge >= 0.3 is 6.01 Å². The largest absolute Gasteiger partial charge is 0.496 e. The van der Waals surface area contributed by atoms with Crippen molar-refractivity contribution in [2.24, 2.45) is 0 Å². The van der Waals surface area contributed by atoms with E-state index in [1.54, 1.807) is 26.2 Å². The molecule has 0 aliphatic heterocycles. The van der Waals surface area contributed by atoms with Crippen molar-refractivity contribution >= 4 is 12.2 Å². The maximum absolute atomic E-state index is 11.0. The zero-order valence-corrected chi connectivity index (χ0v) is 14.2. The van der Waals surface area contributed by atoms with Gasteiger partial charge in [0.2, 0.25) is 5.95 Å². The number of carbonyl (C=O) groups excluding carboxylic acids is 1. The molecule has 1 aromatic carbocycles. The first kappa shape index (κ1) is 17.7. The van der Waals surface area contributed by atoms with Crippen LogP contribution in [0.25, 0.3) is 0 Å². The van der Waals surface area contributed by atoms with Crippen LogP contribution in [-0.4, -0.2) is 41.5 Å². The fraction of sp³-hybridized carbons (Fsp3) is 0.412. The van der Waals surface area contributed by atoms with Gasteiger partial charge in [-0.3, -0.25) is 4.79 Å². The quantitative estimate of drug-likeness (QED) is 0.707. The normalized spacial score (nSPS) is 10.3. The maximum Gasteiger partial charge on any atom is 0.321 e. The summed E-state index contributed by atoms with van der Waals surface area (Å²) >= 11 is 0. The van der Waals surface area contributed by atoms with Crippen molar-refractivity contribution in [1.82, 2.24) is 15.0 Å². The fourth-order valence-electron chi connectivity index (χ4n) is 2.13. The molecule has 0 atom stereocenters. The number of rotatable bonds is 9. The molecule has 0 spiro atoms. The summed E-state index contributed by atoms with van der Waals surface area (Å²) in [5, 5.41) is 3.12. The van der Waals surface area contributed by atoms with E-state index in [0.717, 1.165) is 24.8 Å². The Bertz CT molecular complexity index is 692. The van der Waals surface area contributed by atoms with Gasteiger partial charge in [-0.2, -0.15) is 15.0 Å². The topological polar surface area (TPSA) is 86.2 Å². The minimum atomic E-state index is 0.297. The molecule has 1 aromatic heterocycles. The number of aromatic nitrogens is 3. The van der Waals surface area contributed by atoms with E-state index in [-0.39, 0.29) is 0 Å². The number of nitrogens with zero attached hydrogens (tertiary/aromatic N) is 3. The molecule has 128 valence electrons. The standard InChI is InChI=1S/C17H22N4O3/c1-4-8-18-16-19-12(2)20-17(21-16)24-9-7-13-5-6-15(23-3)14(10-13)11-22/h5-6,10-11H,4,7-9H2,1-3H3,(H,18,19,20,21). The number of ether oxygens (including phenoxy) is 2. The van der Waals surface area contributed by atoms with Crippen molar-refractivity contribution < 1.29 is 14.3 Å². The molecule has 0 saturated carbocycles. The Morgan fingerprint density at radius 2 is 2.08 bits per heavy atom. The second-order valence-electron chi connectivity index (χ2n) is 5.21. The third-order valence-corrected chi connectivity index (χ3v) is 3.30.